The molecular weight excluding hydrogens is 845 g/mol. The van der Waals surface area contributed by atoms with E-state index in [1.807, 2.05) is 12.1 Å². The lowest BCUT2D eigenvalue weighted by atomic mass is 9.76. The van der Waals surface area contributed by atoms with Gasteiger partial charge in [-0.15, -0.1) is 0 Å². The van der Waals surface area contributed by atoms with Crippen molar-refractivity contribution >= 4 is 43.6 Å². The van der Waals surface area contributed by atoms with Gasteiger partial charge in [0.05, 0.1) is 59.1 Å². The van der Waals surface area contributed by atoms with Crippen LogP contribution in [0, 0.1) is 0 Å². The van der Waals surface area contributed by atoms with Crippen molar-refractivity contribution in [1.29, 1.82) is 0 Å². The summed E-state index contributed by atoms with van der Waals surface area (Å²) in [4.78, 5) is 11.5. The molecule has 1 aliphatic carbocycles. The second kappa shape index (κ2) is 15.7. The van der Waals surface area contributed by atoms with Gasteiger partial charge in [0, 0.05) is 61.6 Å². The van der Waals surface area contributed by atoms with Gasteiger partial charge >= 0.3 is 0 Å². The van der Waals surface area contributed by atoms with Gasteiger partial charge in [0.1, 0.15) is 11.5 Å². The number of nitrogens with zero attached hydrogens (tertiary/aromatic N) is 4. The maximum Gasteiger partial charge on any atom is 0.120 e. The molecule has 0 bridgehead atoms. The van der Waals surface area contributed by atoms with Crippen LogP contribution in [-0.2, 0) is 5.41 Å². The van der Waals surface area contributed by atoms with Crippen molar-refractivity contribution in [2.45, 2.75) is 19.3 Å². The van der Waals surface area contributed by atoms with Crippen LogP contribution in [0.25, 0.3) is 111 Å². The summed E-state index contributed by atoms with van der Waals surface area (Å²) >= 11 is 0. The first kappa shape index (κ1) is 40.5. The predicted octanol–water partition coefficient (Wildman–Crippen LogP) is 15.7. The van der Waals surface area contributed by atoms with Gasteiger partial charge in [-0.3, -0.25) is 0 Å². The van der Waals surface area contributed by atoms with E-state index in [9.17, 15) is 0 Å². The van der Waals surface area contributed by atoms with E-state index in [4.69, 9.17) is 19.4 Å². The second-order valence-corrected chi connectivity index (χ2v) is 18.5. The number of aromatic nitrogens is 4. The van der Waals surface area contributed by atoms with E-state index in [0.717, 1.165) is 123 Å². The minimum atomic E-state index is -0.455. The molecule has 8 aromatic carbocycles. The Morgan fingerprint density at radius 3 is 1.09 bits per heavy atom. The molecule has 330 valence electrons. The number of para-hydroxylation sites is 2. The third kappa shape index (κ3) is 6.33. The Balaban J connectivity index is 1.07. The lowest BCUT2D eigenvalue weighted by Gasteiger charge is -2.26. The van der Waals surface area contributed by atoms with Crippen LogP contribution < -0.4 is 9.47 Å². The molecule has 0 saturated heterocycles. The van der Waals surface area contributed by atoms with E-state index in [1.165, 1.54) is 11.1 Å². The SMILES string of the molecule is COc1ccc2c3ccc(-c4cc(-c5ccccc5)c5c(n4)-c4nc(-c6ccc7c8ccc(OC)cc8n(-c8ccccc8)c7c6)cc(-c6ccccc6)c4C5(C)C)cc3n(-c3ccccc3)c2c1. The van der Waals surface area contributed by atoms with E-state index in [2.05, 4.69) is 217 Å². The van der Waals surface area contributed by atoms with E-state index >= 15 is 0 Å². The molecule has 6 heteroatoms. The fourth-order valence-electron chi connectivity index (χ4n) is 11.1. The van der Waals surface area contributed by atoms with Crippen molar-refractivity contribution in [3.05, 3.63) is 217 Å². The topological polar surface area (TPSA) is 54.1 Å². The summed E-state index contributed by atoms with van der Waals surface area (Å²) in [5.74, 6) is 1.63. The highest BCUT2D eigenvalue weighted by Crippen LogP contribution is 2.55. The first-order valence-electron chi connectivity index (χ1n) is 23.5. The first-order valence-corrected chi connectivity index (χ1v) is 23.5. The second-order valence-electron chi connectivity index (χ2n) is 18.5. The number of methoxy groups -OCH3 is 2. The largest absolute Gasteiger partial charge is 0.497 e. The van der Waals surface area contributed by atoms with Gasteiger partial charge in [0.15, 0.2) is 0 Å². The number of rotatable bonds is 8. The van der Waals surface area contributed by atoms with Gasteiger partial charge in [0.2, 0.25) is 0 Å². The predicted molar refractivity (Wildman–Crippen MR) is 283 cm³/mol. The summed E-state index contributed by atoms with van der Waals surface area (Å²) < 4.78 is 16.2. The fourth-order valence-corrected chi connectivity index (χ4v) is 11.1. The van der Waals surface area contributed by atoms with Crippen LogP contribution in [0.15, 0.2) is 206 Å². The Labute approximate surface area is 400 Å². The maximum atomic E-state index is 5.75. The number of hydrogen-bond acceptors (Lipinski definition) is 4. The molecule has 0 N–H and O–H groups in total. The highest BCUT2D eigenvalue weighted by Gasteiger charge is 2.43. The summed E-state index contributed by atoms with van der Waals surface area (Å²) in [6.45, 7) is 4.69. The van der Waals surface area contributed by atoms with Crippen LogP contribution in [0.3, 0.4) is 0 Å². The third-order valence-corrected chi connectivity index (χ3v) is 14.3. The Hall–Kier alpha value is -8.74. The van der Waals surface area contributed by atoms with Gasteiger partial charge in [-0.05, 0) is 106 Å². The highest BCUT2D eigenvalue weighted by atomic mass is 16.5. The molecule has 12 aromatic rings. The fraction of sp³-hybridized carbons (Fsp3) is 0.0794. The summed E-state index contributed by atoms with van der Waals surface area (Å²) in [6.07, 6.45) is 0. The normalized spacial score (nSPS) is 12.8. The summed E-state index contributed by atoms with van der Waals surface area (Å²) in [5, 5.41) is 4.65. The smallest absolute Gasteiger partial charge is 0.120 e. The van der Waals surface area contributed by atoms with Crippen molar-refractivity contribution < 1.29 is 9.47 Å². The number of pyridine rings is 2. The molecule has 0 unspecified atom stereocenters. The van der Waals surface area contributed by atoms with Gasteiger partial charge in [-0.25, -0.2) is 9.97 Å². The van der Waals surface area contributed by atoms with Crippen LogP contribution >= 0.6 is 0 Å². The monoisotopic (exact) mass is 890 g/mol. The van der Waals surface area contributed by atoms with Crippen molar-refractivity contribution in [3.63, 3.8) is 0 Å². The Bertz CT molecular complexity index is 3730. The van der Waals surface area contributed by atoms with E-state index in [0.29, 0.717) is 0 Å². The van der Waals surface area contributed by atoms with Crippen molar-refractivity contribution in [2.24, 2.45) is 0 Å². The number of benzene rings is 8. The van der Waals surface area contributed by atoms with Crippen LogP contribution in [-0.4, -0.2) is 33.3 Å². The number of fused-ring (bicyclic) bond motifs is 9. The average molecular weight is 891 g/mol. The zero-order chi connectivity index (χ0) is 46.4. The highest BCUT2D eigenvalue weighted by molar-refractivity contribution is 6.12. The molecule has 0 amide bonds. The van der Waals surface area contributed by atoms with Crippen LogP contribution in [0.5, 0.6) is 11.5 Å². The first-order chi connectivity index (χ1) is 33.9. The Morgan fingerprint density at radius 2 is 0.710 bits per heavy atom. The van der Waals surface area contributed by atoms with Crippen molar-refractivity contribution in [1.82, 2.24) is 19.1 Å². The molecule has 0 fully saturated rings. The summed E-state index contributed by atoms with van der Waals surface area (Å²) in [6, 6.07) is 73.5. The van der Waals surface area contributed by atoms with Crippen LogP contribution in [0.4, 0.5) is 0 Å². The van der Waals surface area contributed by atoms with Crippen LogP contribution in [0.2, 0.25) is 0 Å². The lowest BCUT2D eigenvalue weighted by molar-refractivity contribution is 0.415. The van der Waals surface area contributed by atoms with E-state index in [1.54, 1.807) is 14.2 Å². The van der Waals surface area contributed by atoms with Crippen molar-refractivity contribution in [2.75, 3.05) is 14.2 Å². The molecule has 0 saturated carbocycles. The molecule has 1 aliphatic rings. The van der Waals surface area contributed by atoms with Crippen molar-refractivity contribution in [3.8, 4) is 79.0 Å². The molecule has 4 aromatic heterocycles. The van der Waals surface area contributed by atoms with E-state index in [-0.39, 0.29) is 0 Å². The Morgan fingerprint density at radius 1 is 0.362 bits per heavy atom. The minimum Gasteiger partial charge on any atom is -0.497 e. The van der Waals surface area contributed by atoms with Gasteiger partial charge in [0.25, 0.3) is 0 Å². The summed E-state index contributed by atoms with van der Waals surface area (Å²) in [7, 11) is 3.45. The molecule has 0 atom stereocenters. The third-order valence-electron chi connectivity index (χ3n) is 14.3. The molecule has 0 spiro atoms. The average Bonchev–Trinajstić information content (AvgIpc) is 4.00. The van der Waals surface area contributed by atoms with Gasteiger partial charge in [-0.1, -0.05) is 135 Å². The summed E-state index contributed by atoms with van der Waals surface area (Å²) in [5.41, 5.74) is 18.6. The molecule has 13 rings (SSSR count). The zero-order valence-electron chi connectivity index (χ0n) is 38.7. The number of hydrogen-bond donors (Lipinski definition) is 0. The van der Waals surface area contributed by atoms with Gasteiger partial charge < -0.3 is 18.6 Å². The zero-order valence-corrected chi connectivity index (χ0v) is 38.7. The maximum absolute atomic E-state index is 5.75. The number of ether oxygens (including phenoxy) is 2. The molecular formula is C63H46N4O2. The Kier molecular flexibility index (Phi) is 9.21. The molecule has 0 aliphatic heterocycles. The molecule has 6 nitrogen and oxygen atoms in total. The lowest BCUT2D eigenvalue weighted by Crippen LogP contribution is -2.18. The standard InChI is InChI=1S/C63H46N4O2/c1-63(2)59-51(39-17-9-5-10-18-39)37-53(41-25-29-47-49-31-27-45(68-3)35-57(49)66(55(47)33-41)43-21-13-7-14-22-43)64-61(59)62-60(63)52(40-19-11-6-12-20-40)38-54(65-62)42-26-30-48-50-32-28-46(69-4)36-58(50)67(56(48)34-42)44-23-15-8-16-24-44/h5-38H,1-4H3. The molecule has 69 heavy (non-hydrogen) atoms. The van der Waals surface area contributed by atoms with E-state index < -0.39 is 5.41 Å². The van der Waals surface area contributed by atoms with Crippen LogP contribution in [0.1, 0.15) is 25.0 Å². The molecule has 4 heterocycles. The minimum absolute atomic E-state index is 0.455. The quantitative estimate of drug-likeness (QED) is 0.152. The van der Waals surface area contributed by atoms with Gasteiger partial charge in [-0.2, -0.15) is 0 Å². The molecule has 0 radical (unpaired) electrons.